The van der Waals surface area contributed by atoms with E-state index in [2.05, 4.69) is 41.9 Å². The van der Waals surface area contributed by atoms with Gasteiger partial charge in [0.15, 0.2) is 0 Å². The summed E-state index contributed by atoms with van der Waals surface area (Å²) < 4.78 is 7.25. The fourth-order valence-corrected chi connectivity index (χ4v) is 4.10. The van der Waals surface area contributed by atoms with Gasteiger partial charge in [-0.15, -0.1) is 0 Å². The van der Waals surface area contributed by atoms with Crippen LogP contribution in [0.25, 0.3) is 11.0 Å². The molecule has 1 amide bonds. The Morgan fingerprint density at radius 1 is 1.03 bits per heavy atom. The highest BCUT2D eigenvalue weighted by Gasteiger charge is 2.14. The number of aryl methyl sites for hydroxylation is 2. The molecular weight excluding hydrogens is 434 g/mol. The topological polar surface area (TPSA) is 56.1 Å². The van der Waals surface area contributed by atoms with Gasteiger partial charge in [-0.25, -0.2) is 4.98 Å². The minimum atomic E-state index is -0.0978. The molecule has 0 fully saturated rings. The fraction of sp³-hybridized carbons (Fsp3) is 0.259. The first-order chi connectivity index (χ1) is 15.9. The zero-order valence-electron chi connectivity index (χ0n) is 19.2. The van der Waals surface area contributed by atoms with Crippen LogP contribution < -0.4 is 5.32 Å². The molecule has 1 aromatic heterocycles. The van der Waals surface area contributed by atoms with E-state index in [-0.39, 0.29) is 5.91 Å². The van der Waals surface area contributed by atoms with Crippen molar-refractivity contribution in [1.82, 2.24) is 14.9 Å². The summed E-state index contributed by atoms with van der Waals surface area (Å²) in [6.45, 7) is 5.89. The lowest BCUT2D eigenvalue weighted by Gasteiger charge is -2.11. The third-order valence-electron chi connectivity index (χ3n) is 5.84. The fourth-order valence-electron chi connectivity index (χ4n) is 3.88. The summed E-state index contributed by atoms with van der Waals surface area (Å²) in [6.07, 6.45) is 0.688. The van der Waals surface area contributed by atoms with E-state index < -0.39 is 0 Å². The molecule has 0 radical (unpaired) electrons. The molecule has 33 heavy (non-hydrogen) atoms. The number of nitrogens with zero attached hydrogens (tertiary/aromatic N) is 2. The number of hydrogen-bond acceptors (Lipinski definition) is 3. The van der Waals surface area contributed by atoms with Crippen molar-refractivity contribution in [2.24, 2.45) is 0 Å². The number of amides is 1. The third-order valence-corrected chi connectivity index (χ3v) is 6.08. The first kappa shape index (κ1) is 23.0. The van der Waals surface area contributed by atoms with Crippen LogP contribution in [-0.4, -0.2) is 35.7 Å². The van der Waals surface area contributed by atoms with Gasteiger partial charge in [-0.1, -0.05) is 35.9 Å². The Hall–Kier alpha value is -3.15. The Balaban J connectivity index is 1.64. The predicted octanol–water partition coefficient (Wildman–Crippen LogP) is 5.32. The molecule has 1 N–H and O–H groups in total. The Labute approximate surface area is 199 Å². The van der Waals surface area contributed by atoms with Gasteiger partial charge in [0.05, 0.1) is 17.6 Å². The van der Waals surface area contributed by atoms with Crippen molar-refractivity contribution < 1.29 is 9.53 Å². The number of rotatable bonds is 8. The SMILES string of the molecule is COCCNC(=O)c1ccc(Cn2c(Cc3cccc(Cl)c3)nc3cc(C)c(C)cc32)cc1. The molecule has 3 aromatic carbocycles. The van der Waals surface area contributed by atoms with Crippen LogP contribution in [0.1, 0.15) is 38.4 Å². The van der Waals surface area contributed by atoms with Gasteiger partial charge in [-0.2, -0.15) is 0 Å². The number of ether oxygens (including phenoxy) is 1. The van der Waals surface area contributed by atoms with Crippen molar-refractivity contribution in [2.45, 2.75) is 26.8 Å². The maximum absolute atomic E-state index is 12.3. The largest absolute Gasteiger partial charge is 0.383 e. The number of nitrogens with one attached hydrogen (secondary N) is 1. The molecule has 6 heteroatoms. The second kappa shape index (κ2) is 10.2. The molecule has 0 bridgehead atoms. The highest BCUT2D eigenvalue weighted by atomic mass is 35.5. The molecule has 0 aliphatic heterocycles. The van der Waals surface area contributed by atoms with Crippen molar-refractivity contribution in [3.63, 3.8) is 0 Å². The quantitative estimate of drug-likeness (QED) is 0.361. The lowest BCUT2D eigenvalue weighted by Crippen LogP contribution is -2.26. The Morgan fingerprint density at radius 3 is 2.52 bits per heavy atom. The normalized spacial score (nSPS) is 11.2. The van der Waals surface area contributed by atoms with Gasteiger partial charge in [-0.3, -0.25) is 4.79 Å². The first-order valence-electron chi connectivity index (χ1n) is 11.0. The van der Waals surface area contributed by atoms with Crippen LogP contribution in [-0.2, 0) is 17.7 Å². The van der Waals surface area contributed by atoms with E-state index in [1.54, 1.807) is 7.11 Å². The Morgan fingerprint density at radius 2 is 1.79 bits per heavy atom. The van der Waals surface area contributed by atoms with E-state index in [0.717, 1.165) is 33.0 Å². The number of hydrogen-bond donors (Lipinski definition) is 1. The lowest BCUT2D eigenvalue weighted by atomic mass is 10.1. The van der Waals surface area contributed by atoms with Crippen LogP contribution in [0.3, 0.4) is 0 Å². The number of halogens is 1. The van der Waals surface area contributed by atoms with Crippen LogP contribution in [0, 0.1) is 13.8 Å². The average molecular weight is 462 g/mol. The summed E-state index contributed by atoms with van der Waals surface area (Å²) in [5.74, 6) is 0.887. The molecule has 170 valence electrons. The zero-order chi connectivity index (χ0) is 23.4. The maximum Gasteiger partial charge on any atom is 0.251 e. The van der Waals surface area contributed by atoms with Crippen molar-refractivity contribution in [3.8, 4) is 0 Å². The average Bonchev–Trinajstić information content (AvgIpc) is 3.10. The number of benzene rings is 3. The van der Waals surface area contributed by atoms with E-state index in [0.29, 0.717) is 31.7 Å². The molecule has 0 spiro atoms. The van der Waals surface area contributed by atoms with Crippen molar-refractivity contribution in [2.75, 3.05) is 20.3 Å². The van der Waals surface area contributed by atoms with Crippen LogP contribution in [0.2, 0.25) is 5.02 Å². The number of fused-ring (bicyclic) bond motifs is 1. The minimum absolute atomic E-state index is 0.0978. The number of methoxy groups -OCH3 is 1. The van der Waals surface area contributed by atoms with Crippen molar-refractivity contribution >= 4 is 28.5 Å². The van der Waals surface area contributed by atoms with Gasteiger partial charge in [0.1, 0.15) is 5.82 Å². The molecule has 4 rings (SSSR count). The van der Waals surface area contributed by atoms with Gasteiger partial charge in [0, 0.05) is 37.2 Å². The number of aromatic nitrogens is 2. The van der Waals surface area contributed by atoms with E-state index in [9.17, 15) is 4.79 Å². The smallest absolute Gasteiger partial charge is 0.251 e. The van der Waals surface area contributed by atoms with E-state index >= 15 is 0 Å². The number of carbonyl (C=O) groups excluding carboxylic acids is 1. The highest BCUT2D eigenvalue weighted by molar-refractivity contribution is 6.30. The molecule has 4 aromatic rings. The second-order valence-corrected chi connectivity index (χ2v) is 8.73. The molecule has 0 saturated carbocycles. The van der Waals surface area contributed by atoms with Gasteiger partial charge >= 0.3 is 0 Å². The van der Waals surface area contributed by atoms with Gasteiger partial charge in [0.25, 0.3) is 5.91 Å². The van der Waals surface area contributed by atoms with Gasteiger partial charge in [-0.05, 0) is 72.5 Å². The monoisotopic (exact) mass is 461 g/mol. The minimum Gasteiger partial charge on any atom is -0.383 e. The van der Waals surface area contributed by atoms with E-state index in [4.69, 9.17) is 21.3 Å². The molecule has 0 atom stereocenters. The van der Waals surface area contributed by atoms with Gasteiger partial charge < -0.3 is 14.6 Å². The second-order valence-electron chi connectivity index (χ2n) is 8.29. The molecule has 5 nitrogen and oxygen atoms in total. The standard InChI is InChI=1S/C27H28ClN3O2/c1-18-13-24-25(14-19(18)2)31(26(30-24)16-21-5-4-6-23(28)15-21)17-20-7-9-22(10-8-20)27(32)29-11-12-33-3/h4-10,13-15H,11-12,16-17H2,1-3H3,(H,29,32). The maximum atomic E-state index is 12.3. The highest BCUT2D eigenvalue weighted by Crippen LogP contribution is 2.24. The summed E-state index contributed by atoms with van der Waals surface area (Å²) in [5.41, 5.74) is 7.42. The van der Waals surface area contributed by atoms with Crippen LogP contribution in [0.4, 0.5) is 0 Å². The van der Waals surface area contributed by atoms with Crippen LogP contribution >= 0.6 is 11.6 Å². The van der Waals surface area contributed by atoms with E-state index in [1.165, 1.54) is 11.1 Å². The Bertz CT molecular complexity index is 1280. The molecule has 0 saturated heterocycles. The van der Waals surface area contributed by atoms with Gasteiger partial charge in [0.2, 0.25) is 0 Å². The summed E-state index contributed by atoms with van der Waals surface area (Å²) in [6, 6.07) is 20.0. The van der Waals surface area contributed by atoms with E-state index in [1.807, 2.05) is 42.5 Å². The third kappa shape index (κ3) is 5.44. The predicted molar refractivity (Wildman–Crippen MR) is 133 cm³/mol. The lowest BCUT2D eigenvalue weighted by molar-refractivity contribution is 0.0937. The van der Waals surface area contributed by atoms with Crippen LogP contribution in [0.15, 0.2) is 60.7 Å². The molecule has 1 heterocycles. The molecule has 0 unspecified atom stereocenters. The van der Waals surface area contributed by atoms with Crippen molar-refractivity contribution in [3.05, 3.63) is 99.3 Å². The summed E-state index contributed by atoms with van der Waals surface area (Å²) in [5, 5.41) is 3.57. The first-order valence-corrected chi connectivity index (χ1v) is 11.4. The summed E-state index contributed by atoms with van der Waals surface area (Å²) >= 11 is 6.21. The van der Waals surface area contributed by atoms with Crippen molar-refractivity contribution in [1.29, 1.82) is 0 Å². The zero-order valence-corrected chi connectivity index (χ0v) is 19.9. The molecule has 0 aliphatic rings. The number of carbonyl (C=O) groups is 1. The van der Waals surface area contributed by atoms with Crippen LogP contribution in [0.5, 0.6) is 0 Å². The summed E-state index contributed by atoms with van der Waals surface area (Å²) in [7, 11) is 1.62. The number of imidazole rings is 1. The molecular formula is C27H28ClN3O2. The molecule has 0 aliphatic carbocycles. The Kier molecular flexibility index (Phi) is 7.11. The summed E-state index contributed by atoms with van der Waals surface area (Å²) in [4.78, 5) is 17.3.